The number of hydrogen-bond acceptors (Lipinski definition) is 4. The van der Waals surface area contributed by atoms with Gasteiger partial charge in [0.15, 0.2) is 0 Å². The van der Waals surface area contributed by atoms with Crippen LogP contribution < -0.4 is 15.4 Å². The number of sulfonamides is 1. The lowest BCUT2D eigenvalue weighted by molar-refractivity contribution is -0.118. The summed E-state index contributed by atoms with van der Waals surface area (Å²) in [4.78, 5) is 12.8. The molecule has 6 nitrogen and oxygen atoms in total. The lowest BCUT2D eigenvalue weighted by Gasteiger charge is -2.26. The summed E-state index contributed by atoms with van der Waals surface area (Å²) in [6.45, 7) is 9.57. The second kappa shape index (κ2) is 10.0. The zero-order valence-corrected chi connectivity index (χ0v) is 18.5. The summed E-state index contributed by atoms with van der Waals surface area (Å²) in [6.07, 6.45) is 0. The highest BCUT2D eigenvalue weighted by Gasteiger charge is 2.22. The molecule has 0 saturated carbocycles. The summed E-state index contributed by atoms with van der Waals surface area (Å²) in [5.74, 6) is 0.132. The Bertz CT molecular complexity index is 895. The maximum atomic E-state index is 12.6. The van der Waals surface area contributed by atoms with E-state index in [9.17, 15) is 13.2 Å². The van der Waals surface area contributed by atoms with E-state index < -0.39 is 16.1 Å². The van der Waals surface area contributed by atoms with Crippen molar-refractivity contribution in [3.05, 3.63) is 60.2 Å². The Hall–Kier alpha value is -2.22. The van der Waals surface area contributed by atoms with Crippen molar-refractivity contribution in [1.82, 2.24) is 10.0 Å². The quantitative estimate of drug-likeness (QED) is 0.581. The first kappa shape index (κ1) is 23.1. The fourth-order valence-corrected chi connectivity index (χ4v) is 4.28. The molecule has 0 spiro atoms. The van der Waals surface area contributed by atoms with Gasteiger partial charge in [0.2, 0.25) is 15.9 Å². The van der Waals surface area contributed by atoms with Crippen molar-refractivity contribution < 1.29 is 13.2 Å². The summed E-state index contributed by atoms with van der Waals surface area (Å²) in [5, 5.41) is 6.23. The van der Waals surface area contributed by atoms with Crippen LogP contribution >= 0.6 is 0 Å². The third kappa shape index (κ3) is 6.66. The number of nitrogens with one attached hydrogen (secondary N) is 3. The Morgan fingerprint density at radius 1 is 0.862 bits per heavy atom. The van der Waals surface area contributed by atoms with Gasteiger partial charge in [-0.2, -0.15) is 0 Å². The third-order valence-corrected chi connectivity index (χ3v) is 6.15. The molecule has 0 heterocycles. The zero-order chi connectivity index (χ0) is 21.6. The molecule has 0 fully saturated rings. The first-order valence-electron chi connectivity index (χ1n) is 9.84. The van der Waals surface area contributed by atoms with Crippen LogP contribution in [0.4, 0.5) is 5.69 Å². The first-order chi connectivity index (χ1) is 13.6. The third-order valence-electron chi connectivity index (χ3n) is 4.47. The topological polar surface area (TPSA) is 87.3 Å². The summed E-state index contributed by atoms with van der Waals surface area (Å²) >= 11 is 0. The Morgan fingerprint density at radius 2 is 1.45 bits per heavy atom. The van der Waals surface area contributed by atoms with E-state index in [0.29, 0.717) is 11.6 Å². The second-order valence-corrected chi connectivity index (χ2v) is 9.52. The number of benzene rings is 2. The SMILES string of the molecule is CC(C)NS(=O)(=O)c1ccc(NC(=O)[C@@H](C)N[C@@H](c2ccccc2)C(C)C)cc1. The summed E-state index contributed by atoms with van der Waals surface area (Å²) in [5.41, 5.74) is 1.68. The molecule has 0 aliphatic rings. The van der Waals surface area contributed by atoms with Crippen molar-refractivity contribution in [2.75, 3.05) is 5.32 Å². The van der Waals surface area contributed by atoms with Crippen molar-refractivity contribution >= 4 is 21.6 Å². The zero-order valence-electron chi connectivity index (χ0n) is 17.6. The molecule has 2 atom stereocenters. The van der Waals surface area contributed by atoms with Crippen molar-refractivity contribution in [1.29, 1.82) is 0 Å². The highest BCUT2D eigenvalue weighted by atomic mass is 32.2. The van der Waals surface area contributed by atoms with E-state index in [4.69, 9.17) is 0 Å². The van der Waals surface area contributed by atoms with Crippen LogP contribution in [-0.4, -0.2) is 26.4 Å². The van der Waals surface area contributed by atoms with Crippen LogP contribution in [0.3, 0.4) is 0 Å². The van der Waals surface area contributed by atoms with E-state index in [-0.39, 0.29) is 22.9 Å². The molecule has 2 rings (SSSR count). The number of carbonyl (C=O) groups is 1. The van der Waals surface area contributed by atoms with Crippen LogP contribution in [0.5, 0.6) is 0 Å². The van der Waals surface area contributed by atoms with Gasteiger partial charge in [-0.05, 0) is 56.5 Å². The van der Waals surface area contributed by atoms with E-state index in [0.717, 1.165) is 5.56 Å². The number of carbonyl (C=O) groups excluding carboxylic acids is 1. The largest absolute Gasteiger partial charge is 0.325 e. The predicted octanol–water partition coefficient (Wildman–Crippen LogP) is 3.69. The van der Waals surface area contributed by atoms with E-state index in [2.05, 4.69) is 29.2 Å². The molecule has 0 aromatic heterocycles. The molecule has 158 valence electrons. The van der Waals surface area contributed by atoms with Crippen molar-refractivity contribution in [3.8, 4) is 0 Å². The van der Waals surface area contributed by atoms with Crippen molar-refractivity contribution in [2.24, 2.45) is 5.92 Å². The Labute approximate surface area is 174 Å². The predicted molar refractivity (Wildman–Crippen MR) is 117 cm³/mol. The summed E-state index contributed by atoms with van der Waals surface area (Å²) in [6, 6.07) is 15.6. The van der Waals surface area contributed by atoms with Gasteiger partial charge >= 0.3 is 0 Å². The fourth-order valence-electron chi connectivity index (χ4n) is 3.03. The maximum absolute atomic E-state index is 12.6. The number of rotatable bonds is 9. The van der Waals surface area contributed by atoms with Crippen LogP contribution in [0.2, 0.25) is 0 Å². The number of amides is 1. The van der Waals surface area contributed by atoms with Crippen molar-refractivity contribution in [2.45, 2.75) is 57.6 Å². The van der Waals surface area contributed by atoms with E-state index in [1.54, 1.807) is 26.0 Å². The lowest BCUT2D eigenvalue weighted by Crippen LogP contribution is -2.41. The van der Waals surface area contributed by atoms with E-state index in [1.165, 1.54) is 12.1 Å². The van der Waals surface area contributed by atoms with Gasteiger partial charge in [-0.1, -0.05) is 44.2 Å². The van der Waals surface area contributed by atoms with Gasteiger partial charge in [0.25, 0.3) is 0 Å². The van der Waals surface area contributed by atoms with Crippen molar-refractivity contribution in [3.63, 3.8) is 0 Å². The van der Waals surface area contributed by atoms with Gasteiger partial charge in [0.1, 0.15) is 0 Å². The molecular weight excluding hydrogens is 386 g/mol. The van der Waals surface area contributed by atoms with Gasteiger partial charge in [0.05, 0.1) is 10.9 Å². The molecule has 0 aliphatic carbocycles. The Kier molecular flexibility index (Phi) is 7.96. The number of hydrogen-bond donors (Lipinski definition) is 3. The smallest absolute Gasteiger partial charge is 0.241 e. The molecule has 0 radical (unpaired) electrons. The average Bonchev–Trinajstić information content (AvgIpc) is 2.65. The lowest BCUT2D eigenvalue weighted by atomic mass is 9.95. The van der Waals surface area contributed by atoms with E-state index >= 15 is 0 Å². The standard InChI is InChI=1S/C22H31N3O3S/c1-15(2)21(18-9-7-6-8-10-18)23-17(5)22(26)24-19-11-13-20(14-12-19)29(27,28)25-16(3)4/h6-17,21,23,25H,1-5H3,(H,24,26)/t17-,21-/m1/s1. The molecule has 3 N–H and O–H groups in total. The van der Waals surface area contributed by atoms with Crippen LogP contribution in [-0.2, 0) is 14.8 Å². The molecule has 7 heteroatoms. The normalized spacial score (nSPS) is 14.0. The van der Waals surface area contributed by atoms with Gasteiger partial charge in [-0.3, -0.25) is 10.1 Å². The average molecular weight is 418 g/mol. The summed E-state index contributed by atoms with van der Waals surface area (Å²) < 4.78 is 26.9. The first-order valence-corrected chi connectivity index (χ1v) is 11.3. The minimum Gasteiger partial charge on any atom is -0.325 e. The fraction of sp³-hybridized carbons (Fsp3) is 0.409. The monoisotopic (exact) mass is 417 g/mol. The second-order valence-electron chi connectivity index (χ2n) is 7.81. The molecule has 0 bridgehead atoms. The van der Waals surface area contributed by atoms with Crippen LogP contribution in [0.25, 0.3) is 0 Å². The molecule has 0 unspecified atom stereocenters. The van der Waals surface area contributed by atoms with Crippen LogP contribution in [0.1, 0.15) is 46.2 Å². The Morgan fingerprint density at radius 3 is 1.97 bits per heavy atom. The Balaban J connectivity index is 2.03. The minimum absolute atomic E-state index is 0.0478. The van der Waals surface area contributed by atoms with E-state index in [1.807, 2.05) is 37.3 Å². The molecule has 0 aliphatic heterocycles. The van der Waals surface area contributed by atoms with Gasteiger partial charge < -0.3 is 5.32 Å². The highest BCUT2D eigenvalue weighted by molar-refractivity contribution is 7.89. The maximum Gasteiger partial charge on any atom is 0.241 e. The van der Waals surface area contributed by atoms with Crippen LogP contribution in [0.15, 0.2) is 59.5 Å². The molecule has 0 saturated heterocycles. The molecule has 29 heavy (non-hydrogen) atoms. The van der Waals surface area contributed by atoms with Crippen LogP contribution in [0, 0.1) is 5.92 Å². The molecule has 2 aromatic rings. The van der Waals surface area contributed by atoms with Gasteiger partial charge in [-0.15, -0.1) is 0 Å². The highest BCUT2D eigenvalue weighted by Crippen LogP contribution is 2.22. The number of anilines is 1. The van der Waals surface area contributed by atoms with Gasteiger partial charge in [-0.25, -0.2) is 13.1 Å². The molecule has 1 amide bonds. The molecule has 2 aromatic carbocycles. The summed E-state index contributed by atoms with van der Waals surface area (Å²) in [7, 11) is -3.55. The minimum atomic E-state index is -3.55. The molecular formula is C22H31N3O3S. The van der Waals surface area contributed by atoms with Gasteiger partial charge in [0, 0.05) is 17.8 Å².